The average molecular weight is 230 g/mol. The van der Waals surface area contributed by atoms with Crippen molar-refractivity contribution in [2.75, 3.05) is 13.7 Å². The largest absolute Gasteiger partial charge is 0.479 e. The van der Waals surface area contributed by atoms with Gasteiger partial charge in [-0.25, -0.2) is 4.79 Å². The summed E-state index contributed by atoms with van der Waals surface area (Å²) >= 11 is 0. The Kier molecular flexibility index (Phi) is 2.72. The minimum Gasteiger partial charge on any atom is -0.479 e. The maximum atomic E-state index is 11.1. The second-order valence-corrected chi connectivity index (χ2v) is 5.00. The number of aliphatic carboxylic acids is 1. The monoisotopic (exact) mass is 230 g/mol. The van der Waals surface area contributed by atoms with Gasteiger partial charge in [0.2, 0.25) is 0 Å². The Labute approximate surface area is 94.7 Å². The van der Waals surface area contributed by atoms with Crippen LogP contribution in [-0.2, 0) is 19.0 Å². The molecule has 0 bridgehead atoms. The molecule has 2 unspecified atom stereocenters. The lowest BCUT2D eigenvalue weighted by molar-refractivity contribution is -0.170. The van der Waals surface area contributed by atoms with Crippen molar-refractivity contribution < 1.29 is 24.1 Å². The molecule has 5 heteroatoms. The average Bonchev–Trinajstić information content (AvgIpc) is 2.87. The van der Waals surface area contributed by atoms with Gasteiger partial charge in [0.25, 0.3) is 0 Å². The van der Waals surface area contributed by atoms with Crippen LogP contribution in [0.5, 0.6) is 0 Å². The highest BCUT2D eigenvalue weighted by Crippen LogP contribution is 2.56. The molecule has 1 saturated heterocycles. The molecular formula is C11H18O5. The van der Waals surface area contributed by atoms with Crippen LogP contribution < -0.4 is 0 Å². The molecule has 2 atom stereocenters. The quantitative estimate of drug-likeness (QED) is 0.781. The number of rotatable bonds is 4. The number of carbonyl (C=O) groups is 1. The highest BCUT2D eigenvalue weighted by molar-refractivity contribution is 5.74. The maximum Gasteiger partial charge on any atom is 0.333 e. The van der Waals surface area contributed by atoms with E-state index in [4.69, 9.17) is 19.3 Å². The van der Waals surface area contributed by atoms with E-state index < -0.39 is 23.3 Å². The summed E-state index contributed by atoms with van der Waals surface area (Å²) < 4.78 is 16.3. The fourth-order valence-electron chi connectivity index (χ4n) is 2.45. The van der Waals surface area contributed by atoms with E-state index >= 15 is 0 Å². The van der Waals surface area contributed by atoms with E-state index in [-0.39, 0.29) is 6.10 Å². The van der Waals surface area contributed by atoms with Gasteiger partial charge in [-0.15, -0.1) is 0 Å². The predicted octanol–water partition coefficient (Wildman–Crippen LogP) is 1.02. The van der Waals surface area contributed by atoms with Crippen molar-refractivity contribution in [1.82, 2.24) is 0 Å². The predicted molar refractivity (Wildman–Crippen MR) is 55.0 cm³/mol. The Bertz CT molecular complexity index is 295. The fraction of sp³-hybridized carbons (Fsp3) is 0.909. The molecule has 1 N–H and O–H groups in total. The molecule has 0 aromatic carbocycles. The summed E-state index contributed by atoms with van der Waals surface area (Å²) in [5.74, 6) is -1.54. The Morgan fingerprint density at radius 2 is 2.12 bits per heavy atom. The number of carboxylic acid groups (broad SMARTS) is 1. The van der Waals surface area contributed by atoms with E-state index in [0.717, 1.165) is 12.8 Å². The highest BCUT2D eigenvalue weighted by atomic mass is 16.7. The van der Waals surface area contributed by atoms with Crippen LogP contribution in [-0.4, -0.2) is 42.8 Å². The third-order valence-corrected chi connectivity index (χ3v) is 3.46. The molecule has 92 valence electrons. The van der Waals surface area contributed by atoms with Gasteiger partial charge in [-0.2, -0.15) is 0 Å². The molecule has 0 radical (unpaired) electrons. The zero-order chi connectivity index (χ0) is 12.0. The van der Waals surface area contributed by atoms with Crippen LogP contribution >= 0.6 is 0 Å². The molecule has 1 aliphatic heterocycles. The molecule has 1 heterocycles. The first-order valence-corrected chi connectivity index (χ1v) is 5.49. The van der Waals surface area contributed by atoms with Crippen LogP contribution in [0.4, 0.5) is 0 Å². The van der Waals surface area contributed by atoms with E-state index in [0.29, 0.717) is 6.61 Å². The van der Waals surface area contributed by atoms with Gasteiger partial charge in [0.05, 0.1) is 12.7 Å². The summed E-state index contributed by atoms with van der Waals surface area (Å²) in [6.45, 7) is 4.12. The summed E-state index contributed by atoms with van der Waals surface area (Å²) in [6.07, 6.45) is 0.669. The molecule has 2 rings (SSSR count). The van der Waals surface area contributed by atoms with E-state index in [1.807, 2.05) is 13.8 Å². The van der Waals surface area contributed by atoms with Crippen LogP contribution in [0.15, 0.2) is 0 Å². The summed E-state index contributed by atoms with van der Waals surface area (Å²) in [7, 11) is 1.43. The van der Waals surface area contributed by atoms with Gasteiger partial charge in [-0.05, 0) is 26.7 Å². The summed E-state index contributed by atoms with van der Waals surface area (Å²) in [5.41, 5.74) is -0.394. The Morgan fingerprint density at radius 1 is 1.50 bits per heavy atom. The topological polar surface area (TPSA) is 65.0 Å². The second kappa shape index (κ2) is 3.68. The molecular weight excluding hydrogens is 212 g/mol. The first-order valence-electron chi connectivity index (χ1n) is 5.49. The van der Waals surface area contributed by atoms with Gasteiger partial charge in [-0.1, -0.05) is 0 Å². The van der Waals surface area contributed by atoms with Crippen molar-refractivity contribution in [1.29, 1.82) is 0 Å². The van der Waals surface area contributed by atoms with Crippen molar-refractivity contribution in [2.24, 2.45) is 5.41 Å². The normalized spacial score (nSPS) is 32.3. The van der Waals surface area contributed by atoms with Gasteiger partial charge < -0.3 is 19.3 Å². The SMILES string of the molecule is COC(C(=O)O)C1(C2COC(C)(C)O2)CC1. The van der Waals surface area contributed by atoms with Crippen molar-refractivity contribution in [2.45, 2.75) is 44.7 Å². The van der Waals surface area contributed by atoms with Gasteiger partial charge >= 0.3 is 5.97 Å². The Hall–Kier alpha value is -0.650. The molecule has 16 heavy (non-hydrogen) atoms. The third-order valence-electron chi connectivity index (χ3n) is 3.46. The second-order valence-electron chi connectivity index (χ2n) is 5.00. The van der Waals surface area contributed by atoms with E-state index in [9.17, 15) is 4.79 Å². The smallest absolute Gasteiger partial charge is 0.333 e. The summed E-state index contributed by atoms with van der Waals surface area (Å²) in [5, 5.41) is 9.12. The lowest BCUT2D eigenvalue weighted by Gasteiger charge is -2.27. The van der Waals surface area contributed by atoms with Crippen molar-refractivity contribution in [3.05, 3.63) is 0 Å². The van der Waals surface area contributed by atoms with E-state index in [2.05, 4.69) is 0 Å². The molecule has 2 aliphatic rings. The Balaban J connectivity index is 2.11. The minimum absolute atomic E-state index is 0.177. The number of carboxylic acids is 1. The molecule has 0 aromatic rings. The van der Waals surface area contributed by atoms with Crippen LogP contribution in [0.2, 0.25) is 0 Å². The minimum atomic E-state index is -0.923. The molecule has 5 nitrogen and oxygen atoms in total. The zero-order valence-electron chi connectivity index (χ0n) is 9.86. The van der Waals surface area contributed by atoms with Gasteiger partial charge in [0.15, 0.2) is 11.9 Å². The Morgan fingerprint density at radius 3 is 2.44 bits per heavy atom. The van der Waals surface area contributed by atoms with Crippen LogP contribution in [0.25, 0.3) is 0 Å². The zero-order valence-corrected chi connectivity index (χ0v) is 9.86. The molecule has 0 aromatic heterocycles. The van der Waals surface area contributed by atoms with Crippen molar-refractivity contribution in [3.8, 4) is 0 Å². The molecule has 1 saturated carbocycles. The molecule has 1 aliphatic carbocycles. The molecule has 2 fully saturated rings. The maximum absolute atomic E-state index is 11.1. The molecule has 0 spiro atoms. The lowest BCUT2D eigenvalue weighted by atomic mass is 9.92. The summed E-state index contributed by atoms with van der Waals surface area (Å²) in [6, 6.07) is 0. The van der Waals surface area contributed by atoms with Crippen LogP contribution in [0.3, 0.4) is 0 Å². The molecule has 0 amide bonds. The third kappa shape index (κ3) is 1.83. The van der Waals surface area contributed by atoms with Gasteiger partial charge in [-0.3, -0.25) is 0 Å². The lowest BCUT2D eigenvalue weighted by Crippen LogP contribution is -2.42. The number of hydrogen-bond donors (Lipinski definition) is 1. The van der Waals surface area contributed by atoms with Crippen LogP contribution in [0.1, 0.15) is 26.7 Å². The van der Waals surface area contributed by atoms with E-state index in [1.165, 1.54) is 7.11 Å². The number of methoxy groups -OCH3 is 1. The fourth-order valence-corrected chi connectivity index (χ4v) is 2.45. The van der Waals surface area contributed by atoms with Gasteiger partial charge in [0.1, 0.15) is 0 Å². The number of ether oxygens (including phenoxy) is 3. The van der Waals surface area contributed by atoms with Crippen molar-refractivity contribution >= 4 is 5.97 Å². The first kappa shape index (κ1) is 11.8. The standard InChI is InChI=1S/C11H18O5/c1-10(2)15-6-7(16-10)11(4-5-11)8(14-3)9(12)13/h7-8H,4-6H2,1-3H3,(H,12,13). The van der Waals surface area contributed by atoms with Crippen molar-refractivity contribution in [3.63, 3.8) is 0 Å². The highest BCUT2D eigenvalue weighted by Gasteiger charge is 2.61. The van der Waals surface area contributed by atoms with Gasteiger partial charge in [0, 0.05) is 12.5 Å². The first-order chi connectivity index (χ1) is 7.41. The van der Waals surface area contributed by atoms with Crippen LogP contribution in [0, 0.1) is 5.41 Å². The number of hydrogen-bond acceptors (Lipinski definition) is 4. The van der Waals surface area contributed by atoms with E-state index in [1.54, 1.807) is 0 Å². The summed E-state index contributed by atoms with van der Waals surface area (Å²) in [4.78, 5) is 11.1.